The molecule has 1 aliphatic carbocycles. The Bertz CT molecular complexity index is 502. The highest BCUT2D eigenvalue weighted by atomic mass is 19.1. The van der Waals surface area contributed by atoms with Gasteiger partial charge in [-0.25, -0.2) is 4.39 Å². The van der Waals surface area contributed by atoms with Gasteiger partial charge in [-0.2, -0.15) is 0 Å². The van der Waals surface area contributed by atoms with Gasteiger partial charge in [0.2, 0.25) is 0 Å². The first-order chi connectivity index (χ1) is 10.1. The van der Waals surface area contributed by atoms with Crippen LogP contribution in [0.3, 0.4) is 0 Å². The van der Waals surface area contributed by atoms with Gasteiger partial charge in [-0.1, -0.05) is 19.9 Å². The van der Waals surface area contributed by atoms with Crippen molar-refractivity contribution in [1.82, 2.24) is 5.32 Å². The SMILES string of the molecule is CNC1CC(C)CC(C)C1CN1CCc2ccc(F)cc21. The Labute approximate surface area is 127 Å². The molecule has 1 N–H and O–H groups in total. The summed E-state index contributed by atoms with van der Waals surface area (Å²) in [4.78, 5) is 2.40. The number of hydrogen-bond donors (Lipinski definition) is 1. The van der Waals surface area contributed by atoms with Crippen molar-refractivity contribution in [2.75, 3.05) is 25.0 Å². The number of nitrogens with zero attached hydrogens (tertiary/aromatic N) is 1. The average Bonchev–Trinajstić information content (AvgIpc) is 2.83. The molecule has 1 fully saturated rings. The minimum atomic E-state index is -0.115. The monoisotopic (exact) mass is 290 g/mol. The van der Waals surface area contributed by atoms with Crippen LogP contribution in [0.5, 0.6) is 0 Å². The minimum Gasteiger partial charge on any atom is -0.371 e. The molecule has 4 atom stereocenters. The highest BCUT2D eigenvalue weighted by Crippen LogP contribution is 2.37. The van der Waals surface area contributed by atoms with E-state index in [-0.39, 0.29) is 5.82 Å². The number of hydrogen-bond acceptors (Lipinski definition) is 2. The third-order valence-corrected chi connectivity index (χ3v) is 5.52. The molecule has 1 aromatic carbocycles. The number of nitrogens with one attached hydrogen (secondary N) is 1. The maximum Gasteiger partial charge on any atom is 0.125 e. The van der Waals surface area contributed by atoms with E-state index in [4.69, 9.17) is 0 Å². The Hall–Kier alpha value is -1.09. The Morgan fingerprint density at radius 2 is 2.10 bits per heavy atom. The van der Waals surface area contributed by atoms with Gasteiger partial charge in [-0.15, -0.1) is 0 Å². The molecule has 2 nitrogen and oxygen atoms in total. The molecule has 0 saturated heterocycles. The summed E-state index contributed by atoms with van der Waals surface area (Å²) in [5.74, 6) is 2.07. The third kappa shape index (κ3) is 2.94. The van der Waals surface area contributed by atoms with Crippen molar-refractivity contribution in [3.8, 4) is 0 Å². The van der Waals surface area contributed by atoms with Gasteiger partial charge < -0.3 is 10.2 Å². The summed E-state index contributed by atoms with van der Waals surface area (Å²) in [7, 11) is 2.08. The second-order valence-corrected chi connectivity index (χ2v) is 7.08. The minimum absolute atomic E-state index is 0.115. The van der Waals surface area contributed by atoms with Gasteiger partial charge in [0.1, 0.15) is 5.82 Å². The zero-order valence-corrected chi connectivity index (χ0v) is 13.4. The van der Waals surface area contributed by atoms with Crippen molar-refractivity contribution >= 4 is 5.69 Å². The lowest BCUT2D eigenvalue weighted by Crippen LogP contribution is -2.47. The molecule has 0 spiro atoms. The molecule has 1 heterocycles. The highest BCUT2D eigenvalue weighted by Gasteiger charge is 2.35. The largest absolute Gasteiger partial charge is 0.371 e. The molecule has 3 rings (SSSR count). The molecule has 3 heteroatoms. The fraction of sp³-hybridized carbons (Fsp3) is 0.667. The van der Waals surface area contributed by atoms with Crippen molar-refractivity contribution in [1.29, 1.82) is 0 Å². The fourth-order valence-electron chi connectivity index (χ4n) is 4.41. The third-order valence-electron chi connectivity index (χ3n) is 5.52. The van der Waals surface area contributed by atoms with Gasteiger partial charge in [0.05, 0.1) is 0 Å². The number of fused-ring (bicyclic) bond motifs is 1. The van der Waals surface area contributed by atoms with E-state index >= 15 is 0 Å². The molecule has 116 valence electrons. The Kier molecular flexibility index (Phi) is 4.21. The van der Waals surface area contributed by atoms with E-state index < -0.39 is 0 Å². The van der Waals surface area contributed by atoms with Crippen LogP contribution in [0.25, 0.3) is 0 Å². The van der Waals surface area contributed by atoms with Gasteiger partial charge in [0.15, 0.2) is 0 Å². The molecule has 21 heavy (non-hydrogen) atoms. The Morgan fingerprint density at radius 1 is 1.29 bits per heavy atom. The lowest BCUT2D eigenvalue weighted by atomic mass is 9.72. The predicted molar refractivity (Wildman–Crippen MR) is 86.2 cm³/mol. The summed E-state index contributed by atoms with van der Waals surface area (Å²) in [6.07, 6.45) is 3.62. The first-order valence-electron chi connectivity index (χ1n) is 8.29. The van der Waals surface area contributed by atoms with Gasteiger partial charge in [0.25, 0.3) is 0 Å². The maximum atomic E-state index is 13.5. The van der Waals surface area contributed by atoms with E-state index in [0.29, 0.717) is 12.0 Å². The molecule has 1 aromatic rings. The lowest BCUT2D eigenvalue weighted by Gasteiger charge is -2.41. The average molecular weight is 290 g/mol. The molecule has 2 aliphatic rings. The highest BCUT2D eigenvalue weighted by molar-refractivity contribution is 5.58. The summed E-state index contributed by atoms with van der Waals surface area (Å²) in [6, 6.07) is 5.84. The van der Waals surface area contributed by atoms with Crippen molar-refractivity contribution < 1.29 is 4.39 Å². The molecule has 0 bridgehead atoms. The van der Waals surface area contributed by atoms with E-state index in [9.17, 15) is 4.39 Å². The van der Waals surface area contributed by atoms with Crippen LogP contribution in [0, 0.1) is 23.6 Å². The summed E-state index contributed by atoms with van der Waals surface area (Å²) in [6.45, 7) is 6.83. The van der Waals surface area contributed by atoms with Crippen LogP contribution in [-0.2, 0) is 6.42 Å². The van der Waals surface area contributed by atoms with Crippen LogP contribution in [-0.4, -0.2) is 26.2 Å². The van der Waals surface area contributed by atoms with Gasteiger partial charge >= 0.3 is 0 Å². The summed E-state index contributed by atoms with van der Waals surface area (Å²) in [5, 5.41) is 3.52. The number of rotatable bonds is 3. The number of anilines is 1. The normalized spacial score (nSPS) is 32.3. The van der Waals surface area contributed by atoms with E-state index in [1.807, 2.05) is 6.07 Å². The van der Waals surface area contributed by atoms with Crippen molar-refractivity contribution in [3.63, 3.8) is 0 Å². The van der Waals surface area contributed by atoms with E-state index in [2.05, 4.69) is 31.1 Å². The summed E-state index contributed by atoms with van der Waals surface area (Å²) >= 11 is 0. The lowest BCUT2D eigenvalue weighted by molar-refractivity contribution is 0.158. The van der Waals surface area contributed by atoms with Gasteiger partial charge in [0, 0.05) is 24.8 Å². The van der Waals surface area contributed by atoms with Crippen molar-refractivity contribution in [2.24, 2.45) is 17.8 Å². The van der Waals surface area contributed by atoms with Crippen molar-refractivity contribution in [3.05, 3.63) is 29.6 Å². The molecule has 4 unspecified atom stereocenters. The first kappa shape index (κ1) is 14.8. The molecule has 1 aliphatic heterocycles. The van der Waals surface area contributed by atoms with Crippen molar-refractivity contribution in [2.45, 2.75) is 39.2 Å². The zero-order valence-electron chi connectivity index (χ0n) is 13.4. The number of halogens is 1. The quantitative estimate of drug-likeness (QED) is 0.917. The van der Waals surface area contributed by atoms with Crippen LogP contribution in [0.4, 0.5) is 10.1 Å². The second kappa shape index (κ2) is 5.96. The van der Waals surface area contributed by atoms with Crippen LogP contribution in [0.2, 0.25) is 0 Å². The van der Waals surface area contributed by atoms with Crippen LogP contribution < -0.4 is 10.2 Å². The summed E-state index contributed by atoms with van der Waals surface area (Å²) in [5.41, 5.74) is 2.42. The van der Waals surface area contributed by atoms with Crippen LogP contribution in [0.1, 0.15) is 32.3 Å². The van der Waals surface area contributed by atoms with Gasteiger partial charge in [-0.05, 0) is 61.8 Å². The van der Waals surface area contributed by atoms with E-state index in [0.717, 1.165) is 37.0 Å². The Balaban J connectivity index is 1.76. The topological polar surface area (TPSA) is 15.3 Å². The molecule has 0 aromatic heterocycles. The fourth-order valence-corrected chi connectivity index (χ4v) is 4.41. The Morgan fingerprint density at radius 3 is 2.86 bits per heavy atom. The molecule has 0 radical (unpaired) electrons. The standard InChI is InChI=1S/C18H27FN2/c1-12-8-13(2)16(17(9-12)20-3)11-21-7-6-14-4-5-15(19)10-18(14)21/h4-5,10,12-13,16-17,20H,6-9,11H2,1-3H3. The molecular weight excluding hydrogens is 263 g/mol. The molecule has 0 amide bonds. The van der Waals surface area contributed by atoms with Crippen LogP contribution in [0.15, 0.2) is 18.2 Å². The van der Waals surface area contributed by atoms with Crippen LogP contribution >= 0.6 is 0 Å². The number of benzene rings is 1. The zero-order chi connectivity index (χ0) is 15.0. The summed E-state index contributed by atoms with van der Waals surface area (Å²) < 4.78 is 13.5. The predicted octanol–water partition coefficient (Wildman–Crippen LogP) is 3.46. The first-order valence-corrected chi connectivity index (χ1v) is 8.29. The van der Waals surface area contributed by atoms with E-state index in [1.54, 1.807) is 12.1 Å². The van der Waals surface area contributed by atoms with Gasteiger partial charge in [-0.3, -0.25) is 0 Å². The smallest absolute Gasteiger partial charge is 0.125 e. The maximum absolute atomic E-state index is 13.5. The van der Waals surface area contributed by atoms with E-state index in [1.165, 1.54) is 18.4 Å². The second-order valence-electron chi connectivity index (χ2n) is 7.08. The molecular formula is C18H27FN2. The molecule has 1 saturated carbocycles.